The largest absolute Gasteiger partial charge is 0.454 e. The molecule has 0 spiro atoms. The highest BCUT2D eigenvalue weighted by Gasteiger charge is 2.30. The number of ketones is 1. The Balaban J connectivity index is 1.70. The number of halogens is 1. The number of nitrogens with zero attached hydrogens (tertiary/aromatic N) is 1. The predicted molar refractivity (Wildman–Crippen MR) is 89.2 cm³/mol. The molecule has 0 N–H and O–H groups in total. The van der Waals surface area contributed by atoms with Crippen molar-refractivity contribution in [3.8, 4) is 0 Å². The van der Waals surface area contributed by atoms with E-state index in [1.165, 1.54) is 42.5 Å². The molecule has 1 aliphatic rings. The van der Waals surface area contributed by atoms with Gasteiger partial charge in [-0.1, -0.05) is 18.2 Å². The van der Waals surface area contributed by atoms with Crippen LogP contribution in [0.2, 0.25) is 0 Å². The maximum atomic E-state index is 13.6. The van der Waals surface area contributed by atoms with Crippen LogP contribution in [0.1, 0.15) is 33.6 Å². The zero-order chi connectivity index (χ0) is 18.7. The first-order valence-electron chi connectivity index (χ1n) is 7.88. The van der Waals surface area contributed by atoms with Gasteiger partial charge in [-0.3, -0.25) is 19.3 Å². The molecule has 0 unspecified atom stereocenters. The van der Waals surface area contributed by atoms with E-state index in [0.29, 0.717) is 0 Å². The number of esters is 1. The first-order valence-corrected chi connectivity index (χ1v) is 7.88. The third kappa shape index (κ3) is 3.51. The van der Waals surface area contributed by atoms with Crippen LogP contribution in [0, 0.1) is 5.82 Å². The fourth-order valence-electron chi connectivity index (χ4n) is 2.62. The Labute approximate surface area is 148 Å². The molecule has 1 heterocycles. The summed E-state index contributed by atoms with van der Waals surface area (Å²) in [5.74, 6) is -2.85. The summed E-state index contributed by atoms with van der Waals surface area (Å²) in [5, 5.41) is 0. The minimum absolute atomic E-state index is 0.0799. The minimum Gasteiger partial charge on any atom is -0.454 e. The molecule has 6 nitrogen and oxygen atoms in total. The quantitative estimate of drug-likeness (QED) is 0.468. The molecule has 1 fully saturated rings. The summed E-state index contributed by atoms with van der Waals surface area (Å²) in [7, 11) is 0. The number of carbonyl (C=O) groups is 4. The molecule has 7 heteroatoms. The van der Waals surface area contributed by atoms with Gasteiger partial charge < -0.3 is 4.74 Å². The van der Waals surface area contributed by atoms with Gasteiger partial charge in [-0.15, -0.1) is 0 Å². The maximum Gasteiger partial charge on any atom is 0.338 e. The highest BCUT2D eigenvalue weighted by Crippen LogP contribution is 2.23. The molecule has 132 valence electrons. The molecule has 0 atom stereocenters. The van der Waals surface area contributed by atoms with Crippen LogP contribution in [-0.2, 0) is 14.3 Å². The van der Waals surface area contributed by atoms with Crippen molar-refractivity contribution < 1.29 is 28.3 Å². The number of carbonyl (C=O) groups excluding carboxylic acids is 4. The molecule has 26 heavy (non-hydrogen) atoms. The van der Waals surface area contributed by atoms with Gasteiger partial charge >= 0.3 is 5.97 Å². The first kappa shape index (κ1) is 17.5. The van der Waals surface area contributed by atoms with Crippen molar-refractivity contribution >= 4 is 29.3 Å². The average molecular weight is 355 g/mol. The van der Waals surface area contributed by atoms with Gasteiger partial charge in [-0.25, -0.2) is 9.18 Å². The zero-order valence-electron chi connectivity index (χ0n) is 13.6. The van der Waals surface area contributed by atoms with E-state index in [9.17, 15) is 23.6 Å². The number of ether oxygens (including phenoxy) is 1. The fourth-order valence-corrected chi connectivity index (χ4v) is 2.62. The highest BCUT2D eigenvalue weighted by atomic mass is 19.1. The number of amides is 2. The summed E-state index contributed by atoms with van der Waals surface area (Å²) in [6, 6.07) is 11.2. The lowest BCUT2D eigenvalue weighted by Crippen LogP contribution is -2.28. The number of hydrogen-bond acceptors (Lipinski definition) is 5. The molecule has 2 amide bonds. The summed E-state index contributed by atoms with van der Waals surface area (Å²) in [4.78, 5) is 48.7. The Bertz CT molecular complexity index is 892. The van der Waals surface area contributed by atoms with E-state index >= 15 is 0 Å². The molecular weight excluding hydrogens is 341 g/mol. The van der Waals surface area contributed by atoms with Crippen LogP contribution in [0.3, 0.4) is 0 Å². The number of anilines is 1. The van der Waals surface area contributed by atoms with Crippen LogP contribution >= 0.6 is 0 Å². The van der Waals surface area contributed by atoms with E-state index in [2.05, 4.69) is 0 Å². The second-order valence-electron chi connectivity index (χ2n) is 5.65. The monoisotopic (exact) mass is 355 g/mol. The van der Waals surface area contributed by atoms with Gasteiger partial charge in [0, 0.05) is 12.8 Å². The third-order valence-electron chi connectivity index (χ3n) is 3.90. The minimum atomic E-state index is -0.810. The van der Waals surface area contributed by atoms with Gasteiger partial charge in [0.15, 0.2) is 6.61 Å². The van der Waals surface area contributed by atoms with Crippen LogP contribution in [0.25, 0.3) is 0 Å². The van der Waals surface area contributed by atoms with Crippen molar-refractivity contribution in [1.82, 2.24) is 0 Å². The molecule has 0 aliphatic carbocycles. The second-order valence-corrected chi connectivity index (χ2v) is 5.65. The first-order chi connectivity index (χ1) is 12.5. The zero-order valence-corrected chi connectivity index (χ0v) is 13.6. The molecule has 0 saturated carbocycles. The molecule has 0 aromatic heterocycles. The van der Waals surface area contributed by atoms with Crippen molar-refractivity contribution in [2.75, 3.05) is 11.5 Å². The second kappa shape index (κ2) is 7.26. The lowest BCUT2D eigenvalue weighted by molar-refractivity contribution is -0.121. The van der Waals surface area contributed by atoms with E-state index in [0.717, 1.165) is 11.0 Å². The van der Waals surface area contributed by atoms with E-state index in [1.54, 1.807) is 0 Å². The van der Waals surface area contributed by atoms with Crippen molar-refractivity contribution in [2.45, 2.75) is 12.8 Å². The summed E-state index contributed by atoms with van der Waals surface area (Å²) in [5.41, 5.74) is 0.186. The lowest BCUT2D eigenvalue weighted by Gasteiger charge is -2.14. The summed E-state index contributed by atoms with van der Waals surface area (Å²) in [6.45, 7) is -0.619. The number of rotatable bonds is 5. The Hall–Kier alpha value is -3.35. The van der Waals surface area contributed by atoms with Crippen LogP contribution in [-0.4, -0.2) is 30.2 Å². The van der Waals surface area contributed by atoms with Crippen molar-refractivity contribution in [3.05, 3.63) is 65.5 Å². The van der Waals surface area contributed by atoms with E-state index in [4.69, 9.17) is 4.74 Å². The van der Waals surface area contributed by atoms with Crippen LogP contribution < -0.4 is 4.90 Å². The van der Waals surface area contributed by atoms with Gasteiger partial charge in [0.1, 0.15) is 5.82 Å². The molecule has 0 radical (unpaired) electrons. The van der Waals surface area contributed by atoms with Crippen molar-refractivity contribution in [2.24, 2.45) is 0 Å². The standard InChI is InChI=1S/C19H14FNO5/c20-15-7-2-1-6-14(15)16(22)11-26-19(25)12-4-3-5-13(10-12)21-17(23)8-9-18(21)24/h1-7,10H,8-9,11H2. The Kier molecular flexibility index (Phi) is 4.88. The summed E-state index contributed by atoms with van der Waals surface area (Å²) >= 11 is 0. The maximum absolute atomic E-state index is 13.6. The third-order valence-corrected chi connectivity index (χ3v) is 3.90. The molecule has 1 aliphatic heterocycles. The van der Waals surface area contributed by atoms with Gasteiger partial charge in [0.25, 0.3) is 0 Å². The van der Waals surface area contributed by atoms with Crippen molar-refractivity contribution in [3.63, 3.8) is 0 Å². The molecule has 2 aromatic rings. The smallest absolute Gasteiger partial charge is 0.338 e. The van der Waals surface area contributed by atoms with Gasteiger partial charge in [-0.2, -0.15) is 0 Å². The van der Waals surface area contributed by atoms with Crippen LogP contribution in [0.4, 0.5) is 10.1 Å². The molecule has 2 aromatic carbocycles. The average Bonchev–Trinajstić information content (AvgIpc) is 2.98. The Morgan fingerprint density at radius 1 is 1.00 bits per heavy atom. The van der Waals surface area contributed by atoms with E-state index in [-0.39, 0.29) is 41.5 Å². The molecule has 0 bridgehead atoms. The fraction of sp³-hybridized carbons (Fsp3) is 0.158. The molecule has 1 saturated heterocycles. The normalized spacial score (nSPS) is 13.8. The Morgan fingerprint density at radius 2 is 1.69 bits per heavy atom. The van der Waals surface area contributed by atoms with Crippen molar-refractivity contribution in [1.29, 1.82) is 0 Å². The van der Waals surface area contributed by atoms with Gasteiger partial charge in [0.2, 0.25) is 17.6 Å². The lowest BCUT2D eigenvalue weighted by atomic mass is 10.1. The van der Waals surface area contributed by atoms with Gasteiger partial charge in [-0.05, 0) is 30.3 Å². The highest BCUT2D eigenvalue weighted by molar-refractivity contribution is 6.20. The number of Topliss-reactive ketones (excluding diaryl/α,β-unsaturated/α-hetero) is 1. The van der Waals surface area contributed by atoms with Gasteiger partial charge in [0.05, 0.1) is 16.8 Å². The summed E-state index contributed by atoms with van der Waals surface area (Å²) < 4.78 is 18.5. The number of benzene rings is 2. The Morgan fingerprint density at radius 3 is 2.38 bits per heavy atom. The van der Waals surface area contributed by atoms with E-state index in [1.807, 2.05) is 0 Å². The van der Waals surface area contributed by atoms with Crippen LogP contribution in [0.5, 0.6) is 0 Å². The number of imide groups is 1. The SMILES string of the molecule is O=C(OCC(=O)c1ccccc1F)c1cccc(N2C(=O)CCC2=O)c1. The van der Waals surface area contributed by atoms with Crippen LogP contribution in [0.15, 0.2) is 48.5 Å². The topological polar surface area (TPSA) is 80.8 Å². The van der Waals surface area contributed by atoms with E-state index < -0.39 is 24.2 Å². The predicted octanol–water partition coefficient (Wildman–Crippen LogP) is 2.52. The molecular formula is C19H14FNO5. The number of hydrogen-bond donors (Lipinski definition) is 0. The summed E-state index contributed by atoms with van der Waals surface area (Å²) in [6.07, 6.45) is 0.259. The molecule has 3 rings (SSSR count).